The maximum Gasteiger partial charge on any atom is 0.165 e. The number of nitrogens with one attached hydrogen (secondary N) is 1. The van der Waals surface area contributed by atoms with E-state index in [1.165, 1.54) is 0 Å². The Morgan fingerprint density at radius 2 is 1.93 bits per heavy atom. The molecule has 0 unspecified atom stereocenters. The number of rotatable bonds is 7. The Hall–Kier alpha value is -3.12. The highest BCUT2D eigenvalue weighted by molar-refractivity contribution is 7.99. The van der Waals surface area contributed by atoms with Gasteiger partial charge < -0.3 is 18.9 Å². The van der Waals surface area contributed by atoms with Gasteiger partial charge in [-0.25, -0.2) is 4.98 Å². The van der Waals surface area contributed by atoms with Crippen LogP contribution in [0.5, 0.6) is 11.5 Å². The van der Waals surface area contributed by atoms with Crippen LogP contribution < -0.4 is 9.47 Å². The molecule has 136 valence electrons. The van der Waals surface area contributed by atoms with Crippen molar-refractivity contribution in [3.63, 3.8) is 0 Å². The van der Waals surface area contributed by atoms with Gasteiger partial charge in [0, 0.05) is 10.5 Å². The van der Waals surface area contributed by atoms with Crippen LogP contribution in [0, 0.1) is 0 Å². The second-order valence-electron chi connectivity index (χ2n) is 5.75. The molecule has 0 bridgehead atoms. The van der Waals surface area contributed by atoms with Gasteiger partial charge in [0.2, 0.25) is 0 Å². The largest absolute Gasteiger partial charge is 0.496 e. The number of nitrogens with zero attached hydrogens (tertiary/aromatic N) is 1. The van der Waals surface area contributed by atoms with Crippen LogP contribution in [0.4, 0.5) is 0 Å². The summed E-state index contributed by atoms with van der Waals surface area (Å²) in [7, 11) is 1.66. The molecule has 2 aromatic carbocycles. The standard InChI is InChI=1S/C21H18N2O3S/c1-24-19-5-3-2-4-15(19)13-26-16-6-8-17(9-7-16)27-20-10-11-25-21(20)18-12-22-14-23-18/h2-12,14H,13H2,1H3,(H,22,23). The lowest BCUT2D eigenvalue weighted by molar-refractivity contribution is 0.296. The first-order valence-corrected chi connectivity index (χ1v) is 9.24. The molecule has 5 nitrogen and oxygen atoms in total. The van der Waals surface area contributed by atoms with E-state index < -0.39 is 0 Å². The molecule has 0 aliphatic carbocycles. The van der Waals surface area contributed by atoms with E-state index in [1.807, 2.05) is 54.6 Å². The van der Waals surface area contributed by atoms with Crippen molar-refractivity contribution in [3.05, 3.63) is 78.9 Å². The maximum absolute atomic E-state index is 5.89. The number of benzene rings is 2. The van der Waals surface area contributed by atoms with E-state index in [0.717, 1.165) is 38.3 Å². The summed E-state index contributed by atoms with van der Waals surface area (Å²) in [6.07, 6.45) is 5.07. The summed E-state index contributed by atoms with van der Waals surface area (Å²) in [4.78, 5) is 9.24. The summed E-state index contributed by atoms with van der Waals surface area (Å²) < 4.78 is 16.8. The molecule has 0 aliphatic rings. The number of hydrogen-bond acceptors (Lipinski definition) is 5. The minimum Gasteiger partial charge on any atom is -0.496 e. The second kappa shape index (κ2) is 8.05. The van der Waals surface area contributed by atoms with Gasteiger partial charge in [-0.2, -0.15) is 0 Å². The van der Waals surface area contributed by atoms with Crippen molar-refractivity contribution < 1.29 is 13.9 Å². The van der Waals surface area contributed by atoms with Crippen molar-refractivity contribution in [2.24, 2.45) is 0 Å². The fraction of sp³-hybridized carbons (Fsp3) is 0.0952. The number of methoxy groups -OCH3 is 1. The molecule has 4 rings (SSSR count). The Bertz CT molecular complexity index is 994. The molecular weight excluding hydrogens is 360 g/mol. The van der Waals surface area contributed by atoms with Crippen LogP contribution in [0.2, 0.25) is 0 Å². The number of H-pyrrole nitrogens is 1. The summed E-state index contributed by atoms with van der Waals surface area (Å²) >= 11 is 1.63. The van der Waals surface area contributed by atoms with E-state index >= 15 is 0 Å². The van der Waals surface area contributed by atoms with Gasteiger partial charge in [0.25, 0.3) is 0 Å². The lowest BCUT2D eigenvalue weighted by Gasteiger charge is -2.10. The number of aromatic nitrogens is 2. The zero-order valence-corrected chi connectivity index (χ0v) is 15.5. The van der Waals surface area contributed by atoms with Gasteiger partial charge in [-0.05, 0) is 36.4 Å². The summed E-state index contributed by atoms with van der Waals surface area (Å²) in [6.45, 7) is 0.461. The molecule has 0 saturated carbocycles. The molecule has 0 saturated heterocycles. The quantitative estimate of drug-likeness (QED) is 0.466. The van der Waals surface area contributed by atoms with Crippen LogP contribution in [-0.2, 0) is 6.61 Å². The third-order valence-corrected chi connectivity index (χ3v) is 5.06. The second-order valence-corrected chi connectivity index (χ2v) is 6.87. The highest BCUT2D eigenvalue weighted by atomic mass is 32.2. The molecule has 0 radical (unpaired) electrons. The zero-order valence-electron chi connectivity index (χ0n) is 14.7. The fourth-order valence-electron chi connectivity index (χ4n) is 2.67. The molecule has 0 spiro atoms. The van der Waals surface area contributed by atoms with Gasteiger partial charge in [-0.1, -0.05) is 30.0 Å². The summed E-state index contributed by atoms with van der Waals surface area (Å²) in [5.41, 5.74) is 1.88. The number of para-hydroxylation sites is 1. The molecule has 6 heteroatoms. The molecule has 4 aromatic rings. The zero-order chi connectivity index (χ0) is 18.5. The predicted molar refractivity (Wildman–Crippen MR) is 104 cm³/mol. The first-order valence-electron chi connectivity index (χ1n) is 8.42. The molecule has 2 heterocycles. The molecule has 27 heavy (non-hydrogen) atoms. The Balaban J connectivity index is 1.42. The van der Waals surface area contributed by atoms with E-state index in [1.54, 1.807) is 37.7 Å². The Labute approximate surface area is 161 Å². The Morgan fingerprint density at radius 1 is 1.07 bits per heavy atom. The van der Waals surface area contributed by atoms with E-state index in [9.17, 15) is 0 Å². The van der Waals surface area contributed by atoms with Crippen molar-refractivity contribution in [3.8, 4) is 23.0 Å². The number of furan rings is 1. The average Bonchev–Trinajstić information content (AvgIpc) is 3.39. The minimum atomic E-state index is 0.461. The van der Waals surface area contributed by atoms with E-state index in [2.05, 4.69) is 9.97 Å². The first-order chi connectivity index (χ1) is 13.3. The third-order valence-electron chi connectivity index (χ3n) is 4.01. The maximum atomic E-state index is 5.89. The lowest BCUT2D eigenvalue weighted by atomic mass is 10.2. The predicted octanol–water partition coefficient (Wildman–Crippen LogP) is 5.41. The lowest BCUT2D eigenvalue weighted by Crippen LogP contribution is -1.98. The van der Waals surface area contributed by atoms with Crippen molar-refractivity contribution >= 4 is 11.8 Å². The molecule has 0 aliphatic heterocycles. The number of hydrogen-bond donors (Lipinski definition) is 1. The van der Waals surface area contributed by atoms with E-state index in [0.29, 0.717) is 6.61 Å². The molecule has 0 amide bonds. The Morgan fingerprint density at radius 3 is 2.70 bits per heavy atom. The first kappa shape index (κ1) is 17.3. The minimum absolute atomic E-state index is 0.461. The third kappa shape index (κ3) is 4.01. The number of aromatic amines is 1. The topological polar surface area (TPSA) is 60.3 Å². The summed E-state index contributed by atoms with van der Waals surface area (Å²) in [5, 5.41) is 0. The van der Waals surface area contributed by atoms with Gasteiger partial charge in [0.15, 0.2) is 5.76 Å². The van der Waals surface area contributed by atoms with E-state index in [-0.39, 0.29) is 0 Å². The van der Waals surface area contributed by atoms with Crippen LogP contribution in [0.25, 0.3) is 11.5 Å². The molecule has 0 atom stereocenters. The number of ether oxygens (including phenoxy) is 2. The average molecular weight is 378 g/mol. The van der Waals surface area contributed by atoms with Gasteiger partial charge >= 0.3 is 0 Å². The van der Waals surface area contributed by atoms with Crippen molar-refractivity contribution in [1.82, 2.24) is 9.97 Å². The van der Waals surface area contributed by atoms with Crippen LogP contribution in [-0.4, -0.2) is 17.1 Å². The van der Waals surface area contributed by atoms with Gasteiger partial charge in [-0.15, -0.1) is 0 Å². The van der Waals surface area contributed by atoms with Crippen molar-refractivity contribution in [2.75, 3.05) is 7.11 Å². The van der Waals surface area contributed by atoms with E-state index in [4.69, 9.17) is 13.9 Å². The van der Waals surface area contributed by atoms with Crippen molar-refractivity contribution in [1.29, 1.82) is 0 Å². The highest BCUT2D eigenvalue weighted by Gasteiger charge is 2.12. The SMILES string of the molecule is COc1ccccc1COc1ccc(Sc2ccoc2-c2cnc[nH]2)cc1. The van der Waals surface area contributed by atoms with Gasteiger partial charge in [0.05, 0.1) is 30.8 Å². The fourth-order valence-corrected chi connectivity index (χ4v) is 3.57. The van der Waals surface area contributed by atoms with Crippen LogP contribution in [0.15, 0.2) is 87.6 Å². The normalized spacial score (nSPS) is 10.7. The van der Waals surface area contributed by atoms with Crippen LogP contribution in [0.3, 0.4) is 0 Å². The smallest absolute Gasteiger partial charge is 0.165 e. The van der Waals surface area contributed by atoms with Gasteiger partial charge in [-0.3, -0.25) is 0 Å². The van der Waals surface area contributed by atoms with Gasteiger partial charge in [0.1, 0.15) is 23.8 Å². The Kier molecular flexibility index (Phi) is 5.16. The summed E-state index contributed by atoms with van der Waals surface area (Å²) in [6, 6.07) is 17.8. The number of imidazole rings is 1. The van der Waals surface area contributed by atoms with Crippen LogP contribution >= 0.6 is 11.8 Å². The highest BCUT2D eigenvalue weighted by Crippen LogP contribution is 2.36. The summed E-state index contributed by atoms with van der Waals surface area (Å²) in [5.74, 6) is 2.43. The molecule has 1 N–H and O–H groups in total. The molecular formula is C21H18N2O3S. The molecule has 0 fully saturated rings. The van der Waals surface area contributed by atoms with Crippen molar-refractivity contribution in [2.45, 2.75) is 16.4 Å². The van der Waals surface area contributed by atoms with Crippen LogP contribution in [0.1, 0.15) is 5.56 Å². The monoisotopic (exact) mass is 378 g/mol. The molecule has 2 aromatic heterocycles.